The van der Waals surface area contributed by atoms with Gasteiger partial charge < -0.3 is 10.6 Å². The number of carbonyl (C=O) groups is 1. The number of anilines is 1. The first-order valence-corrected chi connectivity index (χ1v) is 5.80. The van der Waals surface area contributed by atoms with Crippen molar-refractivity contribution in [3.8, 4) is 0 Å². The molecule has 1 rings (SSSR count). The van der Waals surface area contributed by atoms with Crippen molar-refractivity contribution >= 4 is 11.7 Å². The summed E-state index contributed by atoms with van der Waals surface area (Å²) in [6.07, 6.45) is 2.83. The van der Waals surface area contributed by atoms with E-state index in [1.807, 2.05) is 13.8 Å². The minimum Gasteiger partial charge on any atom is -0.382 e. The summed E-state index contributed by atoms with van der Waals surface area (Å²) >= 11 is 0. The zero-order valence-electron chi connectivity index (χ0n) is 10.8. The van der Waals surface area contributed by atoms with Crippen molar-refractivity contribution in [2.24, 2.45) is 5.92 Å². The van der Waals surface area contributed by atoms with Crippen LogP contribution in [0.15, 0.2) is 12.4 Å². The summed E-state index contributed by atoms with van der Waals surface area (Å²) < 4.78 is 0. The monoisotopic (exact) mass is 236 g/mol. The van der Waals surface area contributed by atoms with Crippen LogP contribution in [0, 0.1) is 5.92 Å². The minimum atomic E-state index is -0.0961. The van der Waals surface area contributed by atoms with E-state index in [-0.39, 0.29) is 11.9 Å². The maximum atomic E-state index is 12.2. The molecule has 1 aromatic heterocycles. The Kier molecular flexibility index (Phi) is 4.43. The molecule has 1 amide bonds. The lowest BCUT2D eigenvalue weighted by molar-refractivity contribution is 0.0675. The standard InChI is InChI=1S/C12H20N4O/c1-8(2)7-16(9(3)4)12(17)10-5-15-11(13)6-14-10/h5-6,8-9H,7H2,1-4H3,(H2,13,15). The van der Waals surface area contributed by atoms with E-state index in [1.165, 1.54) is 12.4 Å². The molecule has 1 aromatic rings. The molecule has 1 heterocycles. The molecule has 0 aromatic carbocycles. The Morgan fingerprint density at radius 3 is 2.35 bits per heavy atom. The van der Waals surface area contributed by atoms with Crippen LogP contribution in [0.25, 0.3) is 0 Å². The van der Waals surface area contributed by atoms with E-state index in [4.69, 9.17) is 5.73 Å². The predicted octanol–water partition coefficient (Wildman–Crippen LogP) is 1.57. The molecule has 17 heavy (non-hydrogen) atoms. The summed E-state index contributed by atoms with van der Waals surface area (Å²) in [5.41, 5.74) is 5.79. The molecular weight excluding hydrogens is 216 g/mol. The van der Waals surface area contributed by atoms with Crippen LogP contribution in [0.2, 0.25) is 0 Å². The molecule has 0 bridgehead atoms. The highest BCUT2D eigenvalue weighted by atomic mass is 16.2. The van der Waals surface area contributed by atoms with Gasteiger partial charge in [-0.2, -0.15) is 0 Å². The summed E-state index contributed by atoms with van der Waals surface area (Å²) in [5, 5.41) is 0. The van der Waals surface area contributed by atoms with Crippen molar-refractivity contribution in [2.75, 3.05) is 12.3 Å². The average Bonchev–Trinajstić information content (AvgIpc) is 2.25. The predicted molar refractivity (Wildman–Crippen MR) is 67.5 cm³/mol. The van der Waals surface area contributed by atoms with Gasteiger partial charge >= 0.3 is 0 Å². The molecule has 94 valence electrons. The van der Waals surface area contributed by atoms with E-state index < -0.39 is 0 Å². The van der Waals surface area contributed by atoms with Crippen molar-refractivity contribution in [2.45, 2.75) is 33.7 Å². The van der Waals surface area contributed by atoms with Crippen LogP contribution in [0.5, 0.6) is 0 Å². The fourth-order valence-electron chi connectivity index (χ4n) is 1.52. The van der Waals surface area contributed by atoms with Gasteiger partial charge in [-0.3, -0.25) is 4.79 Å². The topological polar surface area (TPSA) is 72.1 Å². The van der Waals surface area contributed by atoms with Gasteiger partial charge in [0.25, 0.3) is 5.91 Å². The van der Waals surface area contributed by atoms with Crippen LogP contribution in [0.4, 0.5) is 5.82 Å². The first-order valence-electron chi connectivity index (χ1n) is 5.80. The number of hydrogen-bond acceptors (Lipinski definition) is 4. The molecule has 5 nitrogen and oxygen atoms in total. The van der Waals surface area contributed by atoms with E-state index in [0.717, 1.165) is 0 Å². The Labute approximate surface area is 102 Å². The van der Waals surface area contributed by atoms with Gasteiger partial charge in [0.15, 0.2) is 0 Å². The van der Waals surface area contributed by atoms with Gasteiger partial charge in [-0.05, 0) is 19.8 Å². The Morgan fingerprint density at radius 2 is 1.94 bits per heavy atom. The number of nitrogens with two attached hydrogens (primary N) is 1. The summed E-state index contributed by atoms with van der Waals surface area (Å²) in [6, 6.07) is 0.143. The number of carbonyl (C=O) groups excluding carboxylic acids is 1. The van der Waals surface area contributed by atoms with Crippen LogP contribution in [-0.4, -0.2) is 33.4 Å². The molecular formula is C12H20N4O. The molecule has 0 atom stereocenters. The zero-order chi connectivity index (χ0) is 13.0. The normalized spacial score (nSPS) is 10.9. The molecule has 0 aliphatic heterocycles. The zero-order valence-corrected chi connectivity index (χ0v) is 10.8. The second kappa shape index (κ2) is 5.61. The number of rotatable bonds is 4. The molecule has 0 saturated carbocycles. The van der Waals surface area contributed by atoms with Crippen LogP contribution >= 0.6 is 0 Å². The minimum absolute atomic E-state index is 0.0961. The molecule has 0 unspecified atom stereocenters. The van der Waals surface area contributed by atoms with Crippen molar-refractivity contribution in [3.05, 3.63) is 18.1 Å². The smallest absolute Gasteiger partial charge is 0.274 e. The third kappa shape index (κ3) is 3.69. The maximum Gasteiger partial charge on any atom is 0.274 e. The van der Waals surface area contributed by atoms with Gasteiger partial charge in [-0.1, -0.05) is 13.8 Å². The Bertz CT molecular complexity index is 373. The van der Waals surface area contributed by atoms with E-state index in [9.17, 15) is 4.79 Å². The highest BCUT2D eigenvalue weighted by molar-refractivity contribution is 5.92. The van der Waals surface area contributed by atoms with Crippen molar-refractivity contribution < 1.29 is 4.79 Å². The van der Waals surface area contributed by atoms with Gasteiger partial charge in [0, 0.05) is 12.6 Å². The Hall–Kier alpha value is -1.65. The summed E-state index contributed by atoms with van der Waals surface area (Å²) in [5.74, 6) is 0.644. The highest BCUT2D eigenvalue weighted by Crippen LogP contribution is 2.09. The third-order valence-electron chi connectivity index (χ3n) is 2.34. The lowest BCUT2D eigenvalue weighted by Gasteiger charge is -2.28. The third-order valence-corrected chi connectivity index (χ3v) is 2.34. The first-order chi connectivity index (χ1) is 7.91. The fraction of sp³-hybridized carbons (Fsp3) is 0.583. The van der Waals surface area contributed by atoms with Crippen LogP contribution in [0.3, 0.4) is 0 Å². The summed E-state index contributed by atoms with van der Waals surface area (Å²) in [6.45, 7) is 8.85. The summed E-state index contributed by atoms with van der Waals surface area (Å²) in [4.78, 5) is 21.9. The molecule has 0 saturated heterocycles. The number of nitrogen functional groups attached to an aromatic ring is 1. The van der Waals surface area contributed by atoms with E-state index in [2.05, 4.69) is 23.8 Å². The molecule has 2 N–H and O–H groups in total. The van der Waals surface area contributed by atoms with Crippen LogP contribution < -0.4 is 5.73 Å². The molecule has 0 spiro atoms. The molecule has 0 aliphatic carbocycles. The van der Waals surface area contributed by atoms with Crippen molar-refractivity contribution in [1.82, 2.24) is 14.9 Å². The fourth-order valence-corrected chi connectivity index (χ4v) is 1.52. The van der Waals surface area contributed by atoms with Gasteiger partial charge in [0.05, 0.1) is 12.4 Å². The Morgan fingerprint density at radius 1 is 1.29 bits per heavy atom. The second-order valence-electron chi connectivity index (χ2n) is 4.77. The molecule has 0 aliphatic rings. The Balaban J connectivity index is 2.88. The maximum absolute atomic E-state index is 12.2. The van der Waals surface area contributed by atoms with Crippen LogP contribution in [-0.2, 0) is 0 Å². The van der Waals surface area contributed by atoms with Gasteiger partial charge in [-0.15, -0.1) is 0 Å². The number of aromatic nitrogens is 2. The second-order valence-corrected chi connectivity index (χ2v) is 4.77. The lowest BCUT2D eigenvalue weighted by Crippen LogP contribution is -2.40. The quantitative estimate of drug-likeness (QED) is 0.861. The highest BCUT2D eigenvalue weighted by Gasteiger charge is 2.20. The van der Waals surface area contributed by atoms with E-state index >= 15 is 0 Å². The largest absolute Gasteiger partial charge is 0.382 e. The van der Waals surface area contributed by atoms with E-state index in [0.29, 0.717) is 24.0 Å². The molecule has 0 fully saturated rings. The number of amides is 1. The molecule has 5 heteroatoms. The molecule has 0 radical (unpaired) electrons. The van der Waals surface area contributed by atoms with Crippen molar-refractivity contribution in [1.29, 1.82) is 0 Å². The number of nitrogens with zero attached hydrogens (tertiary/aromatic N) is 3. The van der Waals surface area contributed by atoms with Crippen molar-refractivity contribution in [3.63, 3.8) is 0 Å². The number of hydrogen-bond donors (Lipinski definition) is 1. The van der Waals surface area contributed by atoms with Crippen LogP contribution in [0.1, 0.15) is 38.2 Å². The van der Waals surface area contributed by atoms with E-state index in [1.54, 1.807) is 4.90 Å². The lowest BCUT2D eigenvalue weighted by atomic mass is 10.1. The van der Waals surface area contributed by atoms with Gasteiger partial charge in [0.2, 0.25) is 0 Å². The first kappa shape index (κ1) is 13.4. The van der Waals surface area contributed by atoms with Gasteiger partial charge in [-0.25, -0.2) is 9.97 Å². The SMILES string of the molecule is CC(C)CN(C(=O)c1cnc(N)cn1)C(C)C. The van der Waals surface area contributed by atoms with Gasteiger partial charge in [0.1, 0.15) is 11.5 Å². The summed E-state index contributed by atoms with van der Waals surface area (Å²) in [7, 11) is 0. The average molecular weight is 236 g/mol.